The molecule has 0 saturated heterocycles. The Bertz CT molecular complexity index is 1230. The average Bonchev–Trinajstić information content (AvgIpc) is 3.43. The lowest BCUT2D eigenvalue weighted by molar-refractivity contribution is -0.570. The molecular formula is C21H16F4N4O3. The summed E-state index contributed by atoms with van der Waals surface area (Å²) in [4.78, 5) is 29.5. The van der Waals surface area contributed by atoms with Gasteiger partial charge in [0.2, 0.25) is 5.91 Å². The van der Waals surface area contributed by atoms with E-state index < -0.39 is 40.8 Å². The van der Waals surface area contributed by atoms with E-state index in [4.69, 9.17) is 0 Å². The molecule has 0 spiro atoms. The number of amides is 1. The molecule has 7 nitrogen and oxygen atoms in total. The third-order valence-corrected chi connectivity index (χ3v) is 5.28. The zero-order chi connectivity index (χ0) is 23.2. The predicted molar refractivity (Wildman–Crippen MR) is 107 cm³/mol. The van der Waals surface area contributed by atoms with Crippen LogP contribution in [0.25, 0.3) is 21.9 Å². The number of nitrogens with zero attached hydrogens (tertiary/aromatic N) is 3. The van der Waals surface area contributed by atoms with Gasteiger partial charge in [-0.15, -0.1) is 0 Å². The van der Waals surface area contributed by atoms with Crippen molar-refractivity contribution in [1.82, 2.24) is 9.97 Å². The number of nitro groups is 1. The van der Waals surface area contributed by atoms with E-state index in [1.165, 1.54) is 18.3 Å². The van der Waals surface area contributed by atoms with Gasteiger partial charge < -0.3 is 5.32 Å². The number of benzene rings is 1. The maximum atomic E-state index is 13.4. The van der Waals surface area contributed by atoms with Gasteiger partial charge >= 0.3 is 12.2 Å². The van der Waals surface area contributed by atoms with E-state index in [2.05, 4.69) is 15.3 Å². The van der Waals surface area contributed by atoms with Crippen LogP contribution in [0.1, 0.15) is 23.7 Å². The number of hydrogen-bond donors (Lipinski definition) is 1. The van der Waals surface area contributed by atoms with E-state index in [0.29, 0.717) is 21.9 Å². The maximum Gasteiger partial charge on any atom is 0.464 e. The second-order valence-electron chi connectivity index (χ2n) is 7.60. The molecular weight excluding hydrogens is 432 g/mol. The standard InChI is InChI=1S/C21H16F4N4O3/c1-10-4-5-26-18(19(29(31)32)21(23,24)25)17(10)12-3-2-11-7-16(27-9-13(11)6-12)28-20(30)14-8-15(14)22/h2-7,9,14-15,19H,8H2,1H3,(H,27,28,30)/t14?,15-,19+/m0/s1. The molecule has 1 saturated carbocycles. The molecule has 1 amide bonds. The van der Waals surface area contributed by atoms with Gasteiger partial charge in [0.05, 0.1) is 5.92 Å². The molecule has 32 heavy (non-hydrogen) atoms. The van der Waals surface area contributed by atoms with E-state index >= 15 is 0 Å². The van der Waals surface area contributed by atoms with Crippen molar-refractivity contribution in [2.24, 2.45) is 5.92 Å². The van der Waals surface area contributed by atoms with Crippen LogP contribution in [-0.4, -0.2) is 33.1 Å². The second-order valence-corrected chi connectivity index (χ2v) is 7.60. The van der Waals surface area contributed by atoms with Gasteiger partial charge in [-0.3, -0.25) is 19.9 Å². The molecule has 166 valence electrons. The van der Waals surface area contributed by atoms with Gasteiger partial charge in [-0.1, -0.05) is 12.1 Å². The van der Waals surface area contributed by atoms with Crippen molar-refractivity contribution >= 4 is 22.5 Å². The monoisotopic (exact) mass is 448 g/mol. The van der Waals surface area contributed by atoms with Crippen molar-refractivity contribution in [3.8, 4) is 11.1 Å². The Morgan fingerprint density at radius 3 is 2.56 bits per heavy atom. The lowest BCUT2D eigenvalue weighted by Crippen LogP contribution is -2.29. The lowest BCUT2D eigenvalue weighted by Gasteiger charge is -2.17. The maximum absolute atomic E-state index is 13.4. The Morgan fingerprint density at radius 1 is 1.22 bits per heavy atom. The van der Waals surface area contributed by atoms with Crippen molar-refractivity contribution in [1.29, 1.82) is 0 Å². The van der Waals surface area contributed by atoms with Crippen molar-refractivity contribution in [2.75, 3.05) is 5.32 Å². The molecule has 1 aliphatic rings. The normalized spacial score (nSPS) is 18.9. The molecule has 11 heteroatoms. The Labute approximate surface area is 178 Å². The summed E-state index contributed by atoms with van der Waals surface area (Å²) >= 11 is 0. The summed E-state index contributed by atoms with van der Waals surface area (Å²) in [5.41, 5.74) is 0.0379. The molecule has 1 fully saturated rings. The average molecular weight is 448 g/mol. The molecule has 2 heterocycles. The molecule has 1 unspecified atom stereocenters. The van der Waals surface area contributed by atoms with E-state index in [1.54, 1.807) is 25.1 Å². The van der Waals surface area contributed by atoms with Gasteiger partial charge in [-0.05, 0) is 48.1 Å². The summed E-state index contributed by atoms with van der Waals surface area (Å²) in [6.07, 6.45) is -3.57. The summed E-state index contributed by atoms with van der Waals surface area (Å²) in [6, 6.07) is 4.73. The van der Waals surface area contributed by atoms with E-state index in [-0.39, 0.29) is 17.8 Å². The Balaban J connectivity index is 1.73. The number of carbonyl (C=O) groups is 1. The summed E-state index contributed by atoms with van der Waals surface area (Å²) < 4.78 is 53.3. The van der Waals surface area contributed by atoms with Crippen molar-refractivity contribution < 1.29 is 27.3 Å². The van der Waals surface area contributed by atoms with Crippen LogP contribution in [0.3, 0.4) is 0 Å². The van der Waals surface area contributed by atoms with Crippen LogP contribution in [0.15, 0.2) is 42.7 Å². The molecule has 0 aliphatic heterocycles. The fourth-order valence-electron chi connectivity index (χ4n) is 3.56. The largest absolute Gasteiger partial charge is 0.464 e. The molecule has 3 aromatic rings. The predicted octanol–water partition coefficient (Wildman–Crippen LogP) is 4.78. The number of nitrogens with one attached hydrogen (secondary N) is 1. The van der Waals surface area contributed by atoms with Crippen LogP contribution in [0.2, 0.25) is 0 Å². The highest BCUT2D eigenvalue weighted by Gasteiger charge is 2.53. The van der Waals surface area contributed by atoms with Gasteiger partial charge in [-0.25, -0.2) is 9.37 Å². The first kappa shape index (κ1) is 21.6. The van der Waals surface area contributed by atoms with Gasteiger partial charge in [0.1, 0.15) is 17.7 Å². The van der Waals surface area contributed by atoms with E-state index in [1.807, 2.05) is 0 Å². The summed E-state index contributed by atoms with van der Waals surface area (Å²) in [5.74, 6) is -0.919. The number of aryl methyl sites for hydroxylation is 1. The van der Waals surface area contributed by atoms with Gasteiger partial charge in [0.25, 0.3) is 0 Å². The van der Waals surface area contributed by atoms with Crippen LogP contribution in [0.4, 0.5) is 23.4 Å². The Hall–Kier alpha value is -3.63. The first-order valence-electron chi connectivity index (χ1n) is 9.57. The van der Waals surface area contributed by atoms with Crippen LogP contribution in [0.5, 0.6) is 0 Å². The molecule has 1 aromatic carbocycles. The number of anilines is 1. The highest BCUT2D eigenvalue weighted by molar-refractivity contribution is 5.96. The number of carbonyl (C=O) groups excluding carboxylic acids is 1. The fraction of sp³-hybridized carbons (Fsp3) is 0.286. The van der Waals surface area contributed by atoms with Gasteiger partial charge in [0, 0.05) is 28.3 Å². The van der Waals surface area contributed by atoms with Gasteiger partial charge in [-0.2, -0.15) is 13.2 Å². The quantitative estimate of drug-likeness (QED) is 0.344. The molecule has 1 N–H and O–H groups in total. The third kappa shape index (κ3) is 4.10. The Kier molecular flexibility index (Phi) is 5.27. The van der Waals surface area contributed by atoms with Crippen LogP contribution < -0.4 is 5.32 Å². The number of alkyl halides is 4. The zero-order valence-electron chi connectivity index (χ0n) is 16.6. The topological polar surface area (TPSA) is 98.0 Å². The number of rotatable bonds is 5. The third-order valence-electron chi connectivity index (χ3n) is 5.28. The first-order chi connectivity index (χ1) is 15.1. The number of hydrogen-bond acceptors (Lipinski definition) is 5. The summed E-state index contributed by atoms with van der Waals surface area (Å²) in [6.45, 7) is 1.55. The minimum absolute atomic E-state index is 0.0218. The molecule has 0 bridgehead atoms. The van der Waals surface area contributed by atoms with Gasteiger partial charge in [0.15, 0.2) is 0 Å². The SMILES string of the molecule is Cc1ccnc([C@@H]([N+](=O)[O-])C(F)(F)F)c1-c1ccc2cc(NC(=O)C3C[C@@H]3F)ncc2c1. The van der Waals surface area contributed by atoms with Crippen molar-refractivity contribution in [3.05, 3.63) is 64.1 Å². The first-order valence-corrected chi connectivity index (χ1v) is 9.57. The molecule has 3 atom stereocenters. The zero-order valence-corrected chi connectivity index (χ0v) is 16.6. The minimum Gasteiger partial charge on any atom is -0.310 e. The summed E-state index contributed by atoms with van der Waals surface area (Å²) in [7, 11) is 0. The minimum atomic E-state index is -5.12. The van der Waals surface area contributed by atoms with Crippen LogP contribution >= 0.6 is 0 Å². The Morgan fingerprint density at radius 2 is 1.94 bits per heavy atom. The molecule has 4 rings (SSSR count). The smallest absolute Gasteiger partial charge is 0.310 e. The van der Waals surface area contributed by atoms with Crippen molar-refractivity contribution in [2.45, 2.75) is 31.7 Å². The van der Waals surface area contributed by atoms with E-state index in [0.717, 1.165) is 6.20 Å². The van der Waals surface area contributed by atoms with Crippen LogP contribution in [-0.2, 0) is 4.79 Å². The highest BCUT2D eigenvalue weighted by atomic mass is 19.4. The number of pyridine rings is 2. The van der Waals surface area contributed by atoms with Crippen LogP contribution in [0, 0.1) is 23.0 Å². The van der Waals surface area contributed by atoms with E-state index in [9.17, 15) is 32.5 Å². The fourth-order valence-corrected chi connectivity index (χ4v) is 3.56. The molecule has 0 radical (unpaired) electrons. The number of halogens is 4. The second kappa shape index (κ2) is 7.81. The molecule has 1 aliphatic carbocycles. The highest BCUT2D eigenvalue weighted by Crippen LogP contribution is 2.40. The molecule has 2 aromatic heterocycles. The van der Waals surface area contributed by atoms with Crippen molar-refractivity contribution in [3.63, 3.8) is 0 Å². The lowest BCUT2D eigenvalue weighted by atomic mass is 9.94. The number of fused-ring (bicyclic) bond motifs is 1. The number of aromatic nitrogens is 2. The summed E-state index contributed by atoms with van der Waals surface area (Å²) in [5, 5.41) is 14.9.